The van der Waals surface area contributed by atoms with E-state index in [2.05, 4.69) is 14.8 Å². The number of aromatic nitrogens is 2. The number of hydrogen-bond donors (Lipinski definition) is 1. The van der Waals surface area contributed by atoms with Gasteiger partial charge in [0.25, 0.3) is 0 Å². The summed E-state index contributed by atoms with van der Waals surface area (Å²) in [5.74, 6) is -0.490. The molecule has 2 fully saturated rings. The van der Waals surface area contributed by atoms with Crippen LogP contribution in [-0.2, 0) is 26.4 Å². The summed E-state index contributed by atoms with van der Waals surface area (Å²) in [6.07, 6.45) is 3.24. The van der Waals surface area contributed by atoms with Gasteiger partial charge < -0.3 is 19.4 Å². The van der Waals surface area contributed by atoms with Crippen molar-refractivity contribution in [2.45, 2.75) is 55.6 Å². The lowest BCUT2D eigenvalue weighted by atomic mass is 9.70. The molecule has 1 saturated heterocycles. The number of amides is 1. The van der Waals surface area contributed by atoms with Crippen LogP contribution < -0.4 is 5.32 Å². The fourth-order valence-electron chi connectivity index (χ4n) is 8.79. The Hall–Kier alpha value is -3.34. The SMILES string of the molecule is COCC(COC)CC(=O)c1ccc2c(c1)nc1n2CC[C@H]2[C@@H]1[C@H](c1cccc(Cl)c1F)[C@]1(C(=O)Nc3cc(Cl)ccc31)N2CC1CC1. The number of aryl methyl sites for hydroxylation is 1. The summed E-state index contributed by atoms with van der Waals surface area (Å²) in [5, 5.41) is 3.67. The highest BCUT2D eigenvalue weighted by molar-refractivity contribution is 6.31. The molecule has 8 nitrogen and oxygen atoms in total. The fourth-order valence-corrected chi connectivity index (χ4v) is 9.14. The molecule has 1 N–H and O–H groups in total. The lowest BCUT2D eigenvalue weighted by molar-refractivity contribution is -0.128. The van der Waals surface area contributed by atoms with Crippen molar-refractivity contribution in [2.75, 3.05) is 39.3 Å². The van der Waals surface area contributed by atoms with E-state index in [1.54, 1.807) is 38.5 Å². The Balaban J connectivity index is 1.30. The molecule has 3 aliphatic heterocycles. The number of anilines is 1. The van der Waals surface area contributed by atoms with Gasteiger partial charge in [0.1, 0.15) is 17.2 Å². The molecule has 3 aromatic carbocycles. The minimum absolute atomic E-state index is 0.00736. The van der Waals surface area contributed by atoms with Crippen molar-refractivity contribution in [1.82, 2.24) is 14.5 Å². The summed E-state index contributed by atoms with van der Waals surface area (Å²) < 4.78 is 29.2. The van der Waals surface area contributed by atoms with Crippen molar-refractivity contribution in [3.63, 3.8) is 0 Å². The van der Waals surface area contributed by atoms with E-state index in [0.29, 0.717) is 59.5 Å². The van der Waals surface area contributed by atoms with Gasteiger partial charge in [-0.25, -0.2) is 9.37 Å². The largest absolute Gasteiger partial charge is 0.384 e. The van der Waals surface area contributed by atoms with Gasteiger partial charge in [0.2, 0.25) is 5.91 Å². The Labute approximate surface area is 288 Å². The Morgan fingerprint density at radius 3 is 2.62 bits per heavy atom. The molecule has 4 atom stereocenters. The summed E-state index contributed by atoms with van der Waals surface area (Å²) in [7, 11) is 3.24. The molecule has 48 heavy (non-hydrogen) atoms. The Kier molecular flexibility index (Phi) is 8.12. The Morgan fingerprint density at radius 1 is 1.08 bits per heavy atom. The van der Waals surface area contributed by atoms with Gasteiger partial charge in [0.05, 0.1) is 29.3 Å². The molecule has 250 valence electrons. The predicted molar refractivity (Wildman–Crippen MR) is 182 cm³/mol. The van der Waals surface area contributed by atoms with Crippen LogP contribution in [-0.4, -0.2) is 66.2 Å². The maximum Gasteiger partial charge on any atom is 0.250 e. The number of rotatable bonds is 10. The highest BCUT2D eigenvalue weighted by atomic mass is 35.5. The third kappa shape index (κ3) is 4.92. The van der Waals surface area contributed by atoms with E-state index in [4.69, 9.17) is 37.7 Å². The van der Waals surface area contributed by atoms with Crippen LogP contribution in [0, 0.1) is 17.7 Å². The van der Waals surface area contributed by atoms with Crippen LogP contribution in [0.25, 0.3) is 11.0 Å². The maximum atomic E-state index is 16.4. The normalized spacial score (nSPS) is 24.7. The number of fused-ring (bicyclic) bond motifs is 7. The molecular weight excluding hydrogens is 654 g/mol. The number of benzene rings is 3. The molecule has 0 radical (unpaired) electrons. The van der Waals surface area contributed by atoms with Gasteiger partial charge in [0.15, 0.2) is 5.78 Å². The van der Waals surface area contributed by atoms with Crippen LogP contribution in [0.5, 0.6) is 0 Å². The summed E-state index contributed by atoms with van der Waals surface area (Å²) in [6, 6.07) is 16.2. The average molecular weight is 692 g/mol. The number of likely N-dealkylation sites (tertiary alicyclic amines) is 1. The maximum absolute atomic E-state index is 16.4. The molecule has 4 heterocycles. The summed E-state index contributed by atoms with van der Waals surface area (Å²) in [6.45, 7) is 2.25. The molecule has 4 aliphatic rings. The van der Waals surface area contributed by atoms with Crippen molar-refractivity contribution >= 4 is 51.6 Å². The van der Waals surface area contributed by atoms with Gasteiger partial charge >= 0.3 is 0 Å². The van der Waals surface area contributed by atoms with E-state index in [0.717, 1.165) is 42.7 Å². The number of halogens is 3. The van der Waals surface area contributed by atoms with E-state index in [1.807, 2.05) is 30.3 Å². The monoisotopic (exact) mass is 690 g/mol. The van der Waals surface area contributed by atoms with Gasteiger partial charge in [-0.3, -0.25) is 14.5 Å². The van der Waals surface area contributed by atoms with Crippen molar-refractivity contribution in [1.29, 1.82) is 0 Å². The van der Waals surface area contributed by atoms with Crippen molar-refractivity contribution in [3.05, 3.63) is 93.0 Å². The van der Waals surface area contributed by atoms with Gasteiger partial charge in [-0.15, -0.1) is 0 Å². The number of imidazole rings is 1. The van der Waals surface area contributed by atoms with Crippen LogP contribution in [0.3, 0.4) is 0 Å². The lowest BCUT2D eigenvalue weighted by Gasteiger charge is -2.40. The second kappa shape index (κ2) is 12.2. The molecule has 4 aromatic rings. The zero-order valence-electron chi connectivity index (χ0n) is 26.8. The van der Waals surface area contributed by atoms with Crippen molar-refractivity contribution in [3.8, 4) is 0 Å². The summed E-state index contributed by atoms with van der Waals surface area (Å²) >= 11 is 12.9. The number of ketones is 1. The van der Waals surface area contributed by atoms with Gasteiger partial charge in [-0.2, -0.15) is 0 Å². The zero-order chi connectivity index (χ0) is 33.3. The van der Waals surface area contributed by atoms with E-state index in [1.165, 1.54) is 0 Å². The van der Waals surface area contributed by atoms with Crippen LogP contribution in [0.15, 0.2) is 54.6 Å². The number of nitrogens with one attached hydrogen (secondary N) is 1. The first-order chi connectivity index (χ1) is 23.3. The fraction of sp³-hybridized carbons (Fsp3) is 0.432. The van der Waals surface area contributed by atoms with Crippen LogP contribution in [0.1, 0.15) is 64.8 Å². The standard InChI is InChI=1S/C37H37Cl2FN4O4/c1-47-18-21(19-48-2)14-31(45)22-8-11-29-28(15-22)41-35-32-30(12-13-43(29)35)44(17-20-6-7-20)37(33(32)24-4-3-5-26(39)34(24)40)25-10-9-23(38)16-27(25)42-36(37)46/h3-5,8-11,15-16,20-21,30,32-33H,6-7,12-14,17-19H2,1-2H3,(H,42,46)/t30-,32+,33-,37+/m0/s1. The van der Waals surface area contributed by atoms with Crippen molar-refractivity contribution < 1.29 is 23.5 Å². The summed E-state index contributed by atoms with van der Waals surface area (Å²) in [5.41, 5.74) is 2.83. The zero-order valence-corrected chi connectivity index (χ0v) is 28.4. The topological polar surface area (TPSA) is 85.7 Å². The number of ether oxygens (including phenoxy) is 2. The van der Waals surface area contributed by atoms with Crippen LogP contribution in [0.2, 0.25) is 10.0 Å². The molecule has 1 amide bonds. The van der Waals surface area contributed by atoms with Gasteiger partial charge in [0, 0.05) is 79.4 Å². The Morgan fingerprint density at radius 2 is 1.88 bits per heavy atom. The molecular formula is C37H37Cl2FN4O4. The molecule has 0 bridgehead atoms. The first kappa shape index (κ1) is 31.9. The predicted octanol–water partition coefficient (Wildman–Crippen LogP) is 7.18. The minimum Gasteiger partial charge on any atom is -0.384 e. The molecule has 8 rings (SSSR count). The molecule has 0 unspecified atom stereocenters. The molecule has 1 spiro atoms. The number of hydrogen-bond acceptors (Lipinski definition) is 6. The smallest absolute Gasteiger partial charge is 0.250 e. The first-order valence-corrected chi connectivity index (χ1v) is 17.3. The second-order valence-corrected chi connectivity index (χ2v) is 14.6. The number of Topliss-reactive ketones (excluding diaryl/α,β-unsaturated/α-hetero) is 1. The average Bonchev–Trinajstić information content (AvgIpc) is 3.65. The highest BCUT2D eigenvalue weighted by Crippen LogP contribution is 2.64. The minimum atomic E-state index is -1.20. The highest BCUT2D eigenvalue weighted by Gasteiger charge is 2.69. The molecule has 1 saturated carbocycles. The Bertz CT molecular complexity index is 1940. The molecule has 11 heteroatoms. The molecule has 1 aromatic heterocycles. The van der Waals surface area contributed by atoms with E-state index >= 15 is 4.39 Å². The number of methoxy groups -OCH3 is 2. The first-order valence-electron chi connectivity index (χ1n) is 16.6. The van der Waals surface area contributed by atoms with Crippen LogP contribution >= 0.6 is 23.2 Å². The van der Waals surface area contributed by atoms with E-state index in [9.17, 15) is 9.59 Å². The third-order valence-electron chi connectivity index (χ3n) is 10.9. The second-order valence-electron chi connectivity index (χ2n) is 13.7. The summed E-state index contributed by atoms with van der Waals surface area (Å²) in [4.78, 5) is 35.7. The number of carbonyl (C=O) groups excluding carboxylic acids is 2. The quantitative estimate of drug-likeness (QED) is 0.178. The van der Waals surface area contributed by atoms with Crippen LogP contribution in [0.4, 0.5) is 10.1 Å². The third-order valence-corrected chi connectivity index (χ3v) is 11.4. The van der Waals surface area contributed by atoms with Gasteiger partial charge in [-0.05, 0) is 67.1 Å². The lowest BCUT2D eigenvalue weighted by Crippen LogP contribution is -2.53. The molecule has 1 aliphatic carbocycles. The van der Waals surface area contributed by atoms with Crippen molar-refractivity contribution in [2.24, 2.45) is 11.8 Å². The number of carbonyl (C=O) groups is 2. The number of nitrogens with zero attached hydrogens (tertiary/aromatic N) is 3. The van der Waals surface area contributed by atoms with E-state index in [-0.39, 0.29) is 34.6 Å². The van der Waals surface area contributed by atoms with E-state index < -0.39 is 17.3 Å². The van der Waals surface area contributed by atoms with Gasteiger partial charge in [-0.1, -0.05) is 41.4 Å².